The van der Waals surface area contributed by atoms with E-state index in [9.17, 15) is 0 Å². The van der Waals surface area contributed by atoms with E-state index >= 15 is 0 Å². The summed E-state index contributed by atoms with van der Waals surface area (Å²) in [5, 5.41) is 9.62. The number of benzene rings is 1. The molecule has 2 aliphatic rings. The lowest BCUT2D eigenvalue weighted by Gasteiger charge is -2.29. The molecule has 1 aliphatic carbocycles. The lowest BCUT2D eigenvalue weighted by atomic mass is 10.1. The van der Waals surface area contributed by atoms with Gasteiger partial charge in [-0.05, 0) is 30.4 Å². The van der Waals surface area contributed by atoms with E-state index < -0.39 is 0 Å². The van der Waals surface area contributed by atoms with Crippen LogP contribution in [0, 0.1) is 0 Å². The van der Waals surface area contributed by atoms with E-state index in [1.807, 2.05) is 6.20 Å². The van der Waals surface area contributed by atoms with Gasteiger partial charge in [0.15, 0.2) is 0 Å². The summed E-state index contributed by atoms with van der Waals surface area (Å²) in [4.78, 5) is 7.08. The number of piperazine rings is 1. The van der Waals surface area contributed by atoms with Crippen molar-refractivity contribution in [3.63, 3.8) is 0 Å². The van der Waals surface area contributed by atoms with Gasteiger partial charge in [0.25, 0.3) is 0 Å². The number of rotatable bonds is 3. The number of nitrogens with one attached hydrogen (secondary N) is 2. The highest BCUT2D eigenvalue weighted by atomic mass is 15.2. The lowest BCUT2D eigenvalue weighted by Crippen LogP contribution is -2.44. The van der Waals surface area contributed by atoms with Gasteiger partial charge in [0.1, 0.15) is 5.82 Å². The van der Waals surface area contributed by atoms with Gasteiger partial charge in [-0.1, -0.05) is 12.1 Å². The van der Waals surface area contributed by atoms with E-state index in [1.165, 1.54) is 29.3 Å². The van der Waals surface area contributed by atoms with Crippen LogP contribution in [-0.4, -0.2) is 37.2 Å². The first-order chi connectivity index (χ1) is 9.92. The van der Waals surface area contributed by atoms with E-state index in [-0.39, 0.29) is 0 Å². The Morgan fingerprint density at radius 2 is 2.00 bits per heavy atom. The van der Waals surface area contributed by atoms with Crippen molar-refractivity contribution < 1.29 is 0 Å². The van der Waals surface area contributed by atoms with Crippen LogP contribution in [0.3, 0.4) is 0 Å². The number of nitrogens with zero attached hydrogens (tertiary/aromatic N) is 2. The number of anilines is 2. The average Bonchev–Trinajstić information content (AvgIpc) is 3.32. The molecule has 4 heteroatoms. The van der Waals surface area contributed by atoms with Crippen molar-refractivity contribution in [2.24, 2.45) is 0 Å². The maximum absolute atomic E-state index is 4.68. The highest BCUT2D eigenvalue weighted by Crippen LogP contribution is 2.34. The molecule has 2 N–H and O–H groups in total. The fraction of sp³-hybridized carbons (Fsp3) is 0.438. The number of fused-ring (bicyclic) bond motifs is 1. The second-order valence-corrected chi connectivity index (χ2v) is 5.69. The van der Waals surface area contributed by atoms with Crippen molar-refractivity contribution in [2.45, 2.75) is 18.9 Å². The van der Waals surface area contributed by atoms with Crippen molar-refractivity contribution in [1.29, 1.82) is 0 Å². The molecule has 0 bridgehead atoms. The summed E-state index contributed by atoms with van der Waals surface area (Å²) in [6.45, 7) is 4.14. The van der Waals surface area contributed by atoms with Crippen LogP contribution in [0.4, 0.5) is 11.5 Å². The van der Waals surface area contributed by atoms with Gasteiger partial charge >= 0.3 is 0 Å². The van der Waals surface area contributed by atoms with Crippen molar-refractivity contribution in [2.75, 3.05) is 36.4 Å². The SMILES string of the molecule is c1cc(NC2CC2)c2c(N3CCNCC3)nccc2c1. The first-order valence-electron chi connectivity index (χ1n) is 7.52. The molecule has 4 rings (SSSR count). The molecule has 1 saturated carbocycles. The summed E-state index contributed by atoms with van der Waals surface area (Å²) in [5.41, 5.74) is 1.24. The van der Waals surface area contributed by atoms with Crippen molar-refractivity contribution >= 4 is 22.3 Å². The van der Waals surface area contributed by atoms with Crippen LogP contribution in [0.25, 0.3) is 10.8 Å². The Hall–Kier alpha value is -1.81. The third-order valence-corrected chi connectivity index (χ3v) is 4.12. The maximum Gasteiger partial charge on any atom is 0.138 e. The summed E-state index contributed by atoms with van der Waals surface area (Å²) < 4.78 is 0. The normalized spacial score (nSPS) is 19.3. The number of hydrogen-bond acceptors (Lipinski definition) is 4. The molecule has 2 heterocycles. The van der Waals surface area contributed by atoms with Gasteiger partial charge in [-0.2, -0.15) is 0 Å². The van der Waals surface area contributed by atoms with E-state index in [0.717, 1.165) is 32.0 Å². The first kappa shape index (κ1) is 12.0. The monoisotopic (exact) mass is 268 g/mol. The largest absolute Gasteiger partial charge is 0.382 e. The summed E-state index contributed by atoms with van der Waals surface area (Å²) in [7, 11) is 0. The minimum atomic E-state index is 0.664. The smallest absolute Gasteiger partial charge is 0.138 e. The molecule has 0 radical (unpaired) electrons. The van der Waals surface area contributed by atoms with Crippen LogP contribution in [0.15, 0.2) is 30.5 Å². The molecular formula is C16H20N4. The van der Waals surface area contributed by atoms with Gasteiger partial charge < -0.3 is 15.5 Å². The molecule has 1 aromatic heterocycles. The van der Waals surface area contributed by atoms with Gasteiger partial charge in [0.05, 0.1) is 0 Å². The quantitative estimate of drug-likeness (QED) is 0.895. The fourth-order valence-corrected chi connectivity index (χ4v) is 2.90. The van der Waals surface area contributed by atoms with Crippen molar-refractivity contribution in [3.8, 4) is 0 Å². The molecule has 2 fully saturated rings. The molecular weight excluding hydrogens is 248 g/mol. The molecule has 104 valence electrons. The number of hydrogen-bond donors (Lipinski definition) is 2. The molecule has 2 aromatic rings. The number of pyridine rings is 1. The van der Waals surface area contributed by atoms with E-state index in [0.29, 0.717) is 6.04 Å². The van der Waals surface area contributed by atoms with Crippen molar-refractivity contribution in [1.82, 2.24) is 10.3 Å². The molecule has 20 heavy (non-hydrogen) atoms. The van der Waals surface area contributed by atoms with Crippen LogP contribution < -0.4 is 15.5 Å². The topological polar surface area (TPSA) is 40.2 Å². The van der Waals surface area contributed by atoms with Crippen LogP contribution in [0.2, 0.25) is 0 Å². The minimum Gasteiger partial charge on any atom is -0.382 e. The summed E-state index contributed by atoms with van der Waals surface area (Å²) in [6, 6.07) is 9.28. The highest BCUT2D eigenvalue weighted by Gasteiger charge is 2.23. The minimum absolute atomic E-state index is 0.664. The molecule has 0 spiro atoms. The second-order valence-electron chi connectivity index (χ2n) is 5.69. The maximum atomic E-state index is 4.68. The Morgan fingerprint density at radius 1 is 1.15 bits per heavy atom. The fourth-order valence-electron chi connectivity index (χ4n) is 2.90. The van der Waals surface area contributed by atoms with E-state index in [1.54, 1.807) is 0 Å². The zero-order valence-corrected chi connectivity index (χ0v) is 11.6. The van der Waals surface area contributed by atoms with Crippen LogP contribution in [0.1, 0.15) is 12.8 Å². The van der Waals surface area contributed by atoms with Gasteiger partial charge in [-0.3, -0.25) is 0 Å². The van der Waals surface area contributed by atoms with Gasteiger partial charge in [0, 0.05) is 49.5 Å². The van der Waals surface area contributed by atoms with Crippen molar-refractivity contribution in [3.05, 3.63) is 30.5 Å². The standard InChI is InChI=1S/C16H20N4/c1-2-12-6-7-18-16(20-10-8-17-9-11-20)15(12)14(3-1)19-13-4-5-13/h1-3,6-7,13,17,19H,4-5,8-11H2. The van der Waals surface area contributed by atoms with Crippen LogP contribution in [-0.2, 0) is 0 Å². The van der Waals surface area contributed by atoms with E-state index in [4.69, 9.17) is 0 Å². The zero-order chi connectivity index (χ0) is 13.4. The molecule has 0 atom stereocenters. The molecule has 4 nitrogen and oxygen atoms in total. The molecule has 1 saturated heterocycles. The Morgan fingerprint density at radius 3 is 2.80 bits per heavy atom. The summed E-state index contributed by atoms with van der Waals surface area (Å²) >= 11 is 0. The Labute approximate surface area is 119 Å². The van der Waals surface area contributed by atoms with Crippen LogP contribution in [0.5, 0.6) is 0 Å². The van der Waals surface area contributed by atoms with Gasteiger partial charge in [-0.25, -0.2) is 4.98 Å². The number of aromatic nitrogens is 1. The Balaban J connectivity index is 1.81. The third kappa shape index (κ3) is 2.20. The lowest BCUT2D eigenvalue weighted by molar-refractivity contribution is 0.586. The predicted octanol–water partition coefficient (Wildman–Crippen LogP) is 2.22. The molecule has 0 unspecified atom stereocenters. The van der Waals surface area contributed by atoms with Gasteiger partial charge in [-0.15, -0.1) is 0 Å². The zero-order valence-electron chi connectivity index (χ0n) is 11.6. The van der Waals surface area contributed by atoms with Crippen LogP contribution >= 0.6 is 0 Å². The van der Waals surface area contributed by atoms with E-state index in [2.05, 4.69) is 44.8 Å². The Bertz CT molecular complexity index is 610. The average molecular weight is 268 g/mol. The predicted molar refractivity (Wildman–Crippen MR) is 83.5 cm³/mol. The van der Waals surface area contributed by atoms with Gasteiger partial charge in [0.2, 0.25) is 0 Å². The molecule has 1 aromatic carbocycles. The summed E-state index contributed by atoms with van der Waals surface area (Å²) in [6.07, 6.45) is 4.51. The first-order valence-corrected chi connectivity index (χ1v) is 7.52. The molecule has 1 aliphatic heterocycles. The molecule has 0 amide bonds. The highest BCUT2D eigenvalue weighted by molar-refractivity contribution is 6.02. The third-order valence-electron chi connectivity index (χ3n) is 4.12. The summed E-state index contributed by atoms with van der Waals surface area (Å²) in [5.74, 6) is 1.13. The Kier molecular flexibility index (Phi) is 2.96. The second kappa shape index (κ2) is 4.94.